The Morgan fingerprint density at radius 3 is 2.14 bits per heavy atom. The van der Waals surface area contributed by atoms with Crippen LogP contribution in [-0.4, -0.2) is 50.5 Å². The highest BCUT2D eigenvalue weighted by molar-refractivity contribution is 7.92. The van der Waals surface area contributed by atoms with Gasteiger partial charge in [-0.3, -0.25) is 13.9 Å². The van der Waals surface area contributed by atoms with Gasteiger partial charge in [0, 0.05) is 41.7 Å². The van der Waals surface area contributed by atoms with Gasteiger partial charge in [0.2, 0.25) is 21.8 Å². The zero-order valence-electron chi connectivity index (χ0n) is 22.0. The van der Waals surface area contributed by atoms with Crippen LogP contribution in [0.2, 0.25) is 10.0 Å². The van der Waals surface area contributed by atoms with Gasteiger partial charge in [0.1, 0.15) is 6.04 Å². The van der Waals surface area contributed by atoms with Crippen molar-refractivity contribution in [1.82, 2.24) is 10.2 Å². The second-order valence-corrected chi connectivity index (χ2v) is 11.6. The average Bonchev–Trinajstić information content (AvgIpc) is 2.86. The van der Waals surface area contributed by atoms with E-state index in [9.17, 15) is 18.0 Å². The van der Waals surface area contributed by atoms with Crippen molar-refractivity contribution >= 4 is 50.7 Å². The number of carbonyl (C=O) groups excluding carboxylic acids is 2. The third kappa shape index (κ3) is 8.90. The highest BCUT2D eigenvalue weighted by Gasteiger charge is 2.29. The number of hydrogen-bond donors (Lipinski definition) is 1. The molecule has 2 aromatic rings. The summed E-state index contributed by atoms with van der Waals surface area (Å²) in [5.74, 6) is -0.515. The Hall–Kier alpha value is -2.29. The molecule has 2 amide bonds. The molecule has 0 unspecified atom stereocenters. The standard InChI is InChI=1S/C27H37Cl2N3O4S/c1-5-17-30-27(34)25(7-3)31(19-22-23(28)10-8-11-24(22)29)26(33)12-9-18-32(37(4,35)36)21-15-13-20(6-2)14-16-21/h8,10-11,13-16,25H,5-7,9,12,17-19H2,1-4H3,(H,30,34)/t25-/m0/s1. The van der Waals surface area contributed by atoms with E-state index in [0.717, 1.165) is 24.7 Å². The minimum atomic E-state index is -3.55. The summed E-state index contributed by atoms with van der Waals surface area (Å²) in [4.78, 5) is 27.9. The van der Waals surface area contributed by atoms with Crippen LogP contribution in [-0.2, 0) is 32.6 Å². The molecule has 204 valence electrons. The van der Waals surface area contributed by atoms with Gasteiger partial charge in [-0.1, -0.05) is 62.2 Å². The van der Waals surface area contributed by atoms with E-state index in [4.69, 9.17) is 23.2 Å². The molecule has 0 aliphatic rings. The number of benzene rings is 2. The Kier molecular flexibility index (Phi) is 12.2. The quantitative estimate of drug-likeness (QED) is 0.328. The summed E-state index contributed by atoms with van der Waals surface area (Å²) in [7, 11) is -3.55. The zero-order valence-corrected chi connectivity index (χ0v) is 24.3. The van der Waals surface area contributed by atoms with Gasteiger partial charge in [-0.2, -0.15) is 0 Å². The van der Waals surface area contributed by atoms with Crippen LogP contribution in [0.1, 0.15) is 57.6 Å². The molecule has 37 heavy (non-hydrogen) atoms. The first-order chi connectivity index (χ1) is 17.5. The van der Waals surface area contributed by atoms with Crippen LogP contribution in [0.25, 0.3) is 0 Å². The molecule has 0 aliphatic carbocycles. The minimum Gasteiger partial charge on any atom is -0.354 e. The maximum Gasteiger partial charge on any atom is 0.242 e. The third-order valence-corrected chi connectivity index (χ3v) is 8.01. The number of halogens is 2. The van der Waals surface area contributed by atoms with E-state index < -0.39 is 16.1 Å². The largest absolute Gasteiger partial charge is 0.354 e. The number of hydrogen-bond acceptors (Lipinski definition) is 4. The fourth-order valence-corrected chi connectivity index (χ4v) is 5.52. The molecule has 2 rings (SSSR count). The average molecular weight is 571 g/mol. The van der Waals surface area contributed by atoms with E-state index in [0.29, 0.717) is 34.3 Å². The van der Waals surface area contributed by atoms with Gasteiger partial charge in [-0.05, 0) is 55.5 Å². The SMILES string of the molecule is CCCNC(=O)[C@H](CC)N(Cc1c(Cl)cccc1Cl)C(=O)CCCN(c1ccc(CC)cc1)S(C)(=O)=O. The Labute approximate surface area is 231 Å². The highest BCUT2D eigenvalue weighted by atomic mass is 35.5. The molecule has 0 heterocycles. The van der Waals surface area contributed by atoms with Crippen LogP contribution in [0.15, 0.2) is 42.5 Å². The molecule has 7 nitrogen and oxygen atoms in total. The van der Waals surface area contributed by atoms with Gasteiger partial charge in [0.25, 0.3) is 0 Å². The number of rotatable bonds is 14. The van der Waals surface area contributed by atoms with Crippen LogP contribution in [0, 0.1) is 0 Å². The predicted octanol–water partition coefficient (Wildman–Crippen LogP) is 5.44. The van der Waals surface area contributed by atoms with Crippen molar-refractivity contribution in [2.24, 2.45) is 0 Å². The molecule has 0 aliphatic heterocycles. The van der Waals surface area contributed by atoms with Gasteiger partial charge in [-0.15, -0.1) is 0 Å². The number of aryl methyl sites for hydroxylation is 1. The molecule has 0 fully saturated rings. The van der Waals surface area contributed by atoms with Crippen molar-refractivity contribution in [3.05, 3.63) is 63.6 Å². The van der Waals surface area contributed by atoms with Gasteiger partial charge in [-0.25, -0.2) is 8.42 Å². The Balaban J connectivity index is 2.25. The number of nitrogens with one attached hydrogen (secondary N) is 1. The molecular formula is C27H37Cl2N3O4S. The summed E-state index contributed by atoms with van der Waals surface area (Å²) < 4.78 is 26.3. The smallest absolute Gasteiger partial charge is 0.242 e. The lowest BCUT2D eigenvalue weighted by atomic mass is 10.1. The summed E-state index contributed by atoms with van der Waals surface area (Å²) in [6.07, 6.45) is 3.51. The molecule has 0 saturated carbocycles. The molecule has 0 spiro atoms. The van der Waals surface area contributed by atoms with Gasteiger partial charge in [0.05, 0.1) is 11.9 Å². The summed E-state index contributed by atoms with van der Waals surface area (Å²) in [6, 6.07) is 11.7. The molecule has 0 saturated heterocycles. The maximum absolute atomic E-state index is 13.5. The molecule has 0 bridgehead atoms. The van der Waals surface area contributed by atoms with Crippen molar-refractivity contribution in [3.63, 3.8) is 0 Å². The normalized spacial score (nSPS) is 12.2. The van der Waals surface area contributed by atoms with E-state index in [-0.39, 0.29) is 37.7 Å². The fraction of sp³-hybridized carbons (Fsp3) is 0.481. The third-order valence-electron chi connectivity index (χ3n) is 6.11. The number of amides is 2. The van der Waals surface area contributed by atoms with Crippen LogP contribution < -0.4 is 9.62 Å². The monoisotopic (exact) mass is 569 g/mol. The second kappa shape index (κ2) is 14.6. The molecule has 0 aromatic heterocycles. The Morgan fingerprint density at radius 2 is 1.62 bits per heavy atom. The first kappa shape index (κ1) is 30.9. The summed E-state index contributed by atoms with van der Waals surface area (Å²) >= 11 is 12.8. The number of anilines is 1. The zero-order chi connectivity index (χ0) is 27.6. The van der Waals surface area contributed by atoms with E-state index in [1.165, 1.54) is 9.21 Å². The van der Waals surface area contributed by atoms with E-state index in [1.807, 2.05) is 32.9 Å². The van der Waals surface area contributed by atoms with Gasteiger partial charge >= 0.3 is 0 Å². The van der Waals surface area contributed by atoms with E-state index in [2.05, 4.69) is 5.32 Å². The molecule has 10 heteroatoms. The van der Waals surface area contributed by atoms with Crippen molar-refractivity contribution in [2.75, 3.05) is 23.7 Å². The Bertz CT molecular complexity index is 1140. The van der Waals surface area contributed by atoms with Crippen molar-refractivity contribution in [3.8, 4) is 0 Å². The van der Waals surface area contributed by atoms with Crippen molar-refractivity contribution < 1.29 is 18.0 Å². The van der Waals surface area contributed by atoms with Gasteiger partial charge in [0.15, 0.2) is 0 Å². The van der Waals surface area contributed by atoms with Crippen LogP contribution in [0.3, 0.4) is 0 Å². The Morgan fingerprint density at radius 1 is 1.00 bits per heavy atom. The summed E-state index contributed by atoms with van der Waals surface area (Å²) in [5, 5.41) is 3.69. The molecule has 0 radical (unpaired) electrons. The topological polar surface area (TPSA) is 86.8 Å². The number of nitrogens with zero attached hydrogens (tertiary/aromatic N) is 2. The molecule has 1 N–H and O–H groups in total. The minimum absolute atomic E-state index is 0.0543. The first-order valence-electron chi connectivity index (χ1n) is 12.6. The van der Waals surface area contributed by atoms with Gasteiger partial charge < -0.3 is 10.2 Å². The maximum atomic E-state index is 13.5. The molecular weight excluding hydrogens is 533 g/mol. The lowest BCUT2D eigenvalue weighted by Crippen LogP contribution is -2.49. The predicted molar refractivity (Wildman–Crippen MR) is 152 cm³/mol. The van der Waals surface area contributed by atoms with Crippen LogP contribution in [0.4, 0.5) is 5.69 Å². The lowest BCUT2D eigenvalue weighted by Gasteiger charge is -2.31. The lowest BCUT2D eigenvalue weighted by molar-refractivity contribution is -0.141. The van der Waals surface area contributed by atoms with Crippen LogP contribution in [0.5, 0.6) is 0 Å². The second-order valence-electron chi connectivity index (χ2n) is 8.90. The fourth-order valence-electron chi connectivity index (χ4n) is 4.04. The van der Waals surface area contributed by atoms with Crippen LogP contribution >= 0.6 is 23.2 Å². The van der Waals surface area contributed by atoms with E-state index >= 15 is 0 Å². The summed E-state index contributed by atoms with van der Waals surface area (Å²) in [6.45, 7) is 6.54. The summed E-state index contributed by atoms with van der Waals surface area (Å²) in [5.41, 5.74) is 2.22. The number of carbonyl (C=O) groups is 2. The van der Waals surface area contributed by atoms with E-state index in [1.54, 1.807) is 30.3 Å². The number of sulfonamides is 1. The van der Waals surface area contributed by atoms with Crippen molar-refractivity contribution in [2.45, 2.75) is 65.5 Å². The molecule has 2 aromatic carbocycles. The highest BCUT2D eigenvalue weighted by Crippen LogP contribution is 2.27. The van der Waals surface area contributed by atoms with Crippen molar-refractivity contribution in [1.29, 1.82) is 0 Å². The molecule has 1 atom stereocenters. The first-order valence-corrected chi connectivity index (χ1v) is 15.2.